The van der Waals surface area contributed by atoms with Gasteiger partial charge in [0.25, 0.3) is 0 Å². The molecule has 0 bridgehead atoms. The Morgan fingerprint density at radius 2 is 1.93 bits per heavy atom. The van der Waals surface area contributed by atoms with Gasteiger partial charge in [-0.3, -0.25) is 0 Å². The van der Waals surface area contributed by atoms with Gasteiger partial charge in [0.1, 0.15) is 11.4 Å². The van der Waals surface area contributed by atoms with Crippen LogP contribution in [0.4, 0.5) is 0 Å². The SMILES string of the molecule is COc1ccccc1C(C)(CO)OC. The van der Waals surface area contributed by atoms with Gasteiger partial charge in [-0.2, -0.15) is 0 Å². The van der Waals surface area contributed by atoms with Gasteiger partial charge in [-0.25, -0.2) is 0 Å². The van der Waals surface area contributed by atoms with E-state index in [1.54, 1.807) is 14.2 Å². The molecule has 1 atom stereocenters. The maximum Gasteiger partial charge on any atom is 0.125 e. The molecule has 1 aromatic rings. The van der Waals surface area contributed by atoms with E-state index in [0.29, 0.717) is 0 Å². The molecule has 0 saturated heterocycles. The maximum atomic E-state index is 9.28. The van der Waals surface area contributed by atoms with Crippen molar-refractivity contribution < 1.29 is 14.6 Å². The predicted molar refractivity (Wildman–Crippen MR) is 54.4 cm³/mol. The van der Waals surface area contributed by atoms with E-state index in [4.69, 9.17) is 9.47 Å². The van der Waals surface area contributed by atoms with Crippen LogP contribution in [0, 0.1) is 0 Å². The minimum absolute atomic E-state index is 0.0795. The van der Waals surface area contributed by atoms with Gasteiger partial charge >= 0.3 is 0 Å². The van der Waals surface area contributed by atoms with Crippen molar-refractivity contribution in [3.05, 3.63) is 29.8 Å². The summed E-state index contributed by atoms with van der Waals surface area (Å²) in [6, 6.07) is 7.52. The van der Waals surface area contributed by atoms with Crippen LogP contribution in [0.25, 0.3) is 0 Å². The fraction of sp³-hybridized carbons (Fsp3) is 0.455. The Balaban J connectivity index is 3.15. The summed E-state index contributed by atoms with van der Waals surface area (Å²) in [6.45, 7) is 1.74. The molecule has 3 heteroatoms. The predicted octanol–water partition coefficient (Wildman–Crippen LogP) is 1.55. The zero-order valence-electron chi connectivity index (χ0n) is 8.78. The van der Waals surface area contributed by atoms with Crippen molar-refractivity contribution in [1.29, 1.82) is 0 Å². The monoisotopic (exact) mass is 196 g/mol. The number of aliphatic hydroxyl groups excluding tert-OH is 1. The molecule has 0 radical (unpaired) electrons. The van der Waals surface area contributed by atoms with Crippen LogP contribution in [0.3, 0.4) is 0 Å². The van der Waals surface area contributed by atoms with Gasteiger partial charge in [-0.1, -0.05) is 18.2 Å². The third-order valence-corrected chi connectivity index (χ3v) is 2.43. The molecule has 0 aliphatic carbocycles. The molecule has 1 aromatic carbocycles. The van der Waals surface area contributed by atoms with Gasteiger partial charge in [-0.05, 0) is 13.0 Å². The summed E-state index contributed by atoms with van der Waals surface area (Å²) in [5.74, 6) is 0.728. The summed E-state index contributed by atoms with van der Waals surface area (Å²) in [6.07, 6.45) is 0. The highest BCUT2D eigenvalue weighted by molar-refractivity contribution is 5.37. The highest BCUT2D eigenvalue weighted by Gasteiger charge is 2.28. The lowest BCUT2D eigenvalue weighted by Crippen LogP contribution is -2.29. The topological polar surface area (TPSA) is 38.7 Å². The molecule has 0 spiro atoms. The normalized spacial score (nSPS) is 14.9. The zero-order valence-corrected chi connectivity index (χ0v) is 8.78. The molecule has 3 nitrogen and oxygen atoms in total. The molecular weight excluding hydrogens is 180 g/mol. The number of para-hydroxylation sites is 1. The number of benzene rings is 1. The molecule has 0 fully saturated rings. The second kappa shape index (κ2) is 4.44. The first-order valence-electron chi connectivity index (χ1n) is 4.47. The molecule has 1 N–H and O–H groups in total. The largest absolute Gasteiger partial charge is 0.496 e. The standard InChI is InChI=1S/C11H16O3/c1-11(8-12,14-3)9-6-4-5-7-10(9)13-2/h4-7,12H,8H2,1-3H3. The molecule has 1 rings (SSSR count). The van der Waals surface area contributed by atoms with Crippen LogP contribution < -0.4 is 4.74 Å². The molecule has 0 saturated carbocycles. The smallest absolute Gasteiger partial charge is 0.125 e. The molecule has 0 aromatic heterocycles. The quantitative estimate of drug-likeness (QED) is 0.794. The van der Waals surface area contributed by atoms with Gasteiger partial charge in [0.2, 0.25) is 0 Å². The molecule has 0 aliphatic heterocycles. The second-order valence-electron chi connectivity index (χ2n) is 3.29. The summed E-state index contributed by atoms with van der Waals surface area (Å²) in [5.41, 5.74) is 0.152. The van der Waals surface area contributed by atoms with E-state index in [-0.39, 0.29) is 6.61 Å². The third kappa shape index (κ3) is 1.89. The summed E-state index contributed by atoms with van der Waals surface area (Å²) in [7, 11) is 3.18. The Hall–Kier alpha value is -1.06. The van der Waals surface area contributed by atoms with Gasteiger partial charge in [-0.15, -0.1) is 0 Å². The van der Waals surface area contributed by atoms with Crippen LogP contribution in [0.1, 0.15) is 12.5 Å². The van der Waals surface area contributed by atoms with Gasteiger partial charge in [0.15, 0.2) is 0 Å². The van der Waals surface area contributed by atoms with Gasteiger partial charge in [0.05, 0.1) is 13.7 Å². The van der Waals surface area contributed by atoms with Crippen LogP contribution >= 0.6 is 0 Å². The summed E-state index contributed by atoms with van der Waals surface area (Å²) in [4.78, 5) is 0. The molecule has 14 heavy (non-hydrogen) atoms. The van der Waals surface area contributed by atoms with Gasteiger partial charge < -0.3 is 14.6 Å². The highest BCUT2D eigenvalue weighted by Crippen LogP contribution is 2.31. The second-order valence-corrected chi connectivity index (χ2v) is 3.29. The minimum atomic E-state index is -0.702. The number of aliphatic hydroxyl groups is 1. The van der Waals surface area contributed by atoms with Crippen LogP contribution in [0.2, 0.25) is 0 Å². The summed E-state index contributed by atoms with van der Waals surface area (Å²) in [5, 5.41) is 9.28. The van der Waals surface area contributed by atoms with E-state index >= 15 is 0 Å². The minimum Gasteiger partial charge on any atom is -0.496 e. The first kappa shape index (κ1) is 11.0. The summed E-state index contributed by atoms with van der Waals surface area (Å²) >= 11 is 0. The molecule has 0 amide bonds. The average molecular weight is 196 g/mol. The first-order chi connectivity index (χ1) is 6.68. The van der Waals surface area contributed by atoms with Crippen molar-refractivity contribution in [3.63, 3.8) is 0 Å². The van der Waals surface area contributed by atoms with E-state index in [0.717, 1.165) is 11.3 Å². The number of methoxy groups -OCH3 is 2. The van der Waals surface area contributed by atoms with Crippen LogP contribution in [0.5, 0.6) is 5.75 Å². The lowest BCUT2D eigenvalue weighted by Gasteiger charge is -2.27. The van der Waals surface area contributed by atoms with Crippen molar-refractivity contribution in [1.82, 2.24) is 0 Å². The van der Waals surface area contributed by atoms with Crippen molar-refractivity contribution in [3.8, 4) is 5.75 Å². The lowest BCUT2D eigenvalue weighted by atomic mass is 9.96. The fourth-order valence-corrected chi connectivity index (χ4v) is 1.34. The number of hydrogen-bond acceptors (Lipinski definition) is 3. The van der Waals surface area contributed by atoms with Crippen molar-refractivity contribution in [2.24, 2.45) is 0 Å². The van der Waals surface area contributed by atoms with Crippen LogP contribution in [-0.4, -0.2) is 25.9 Å². The molecular formula is C11H16O3. The molecule has 0 aliphatic rings. The van der Waals surface area contributed by atoms with Crippen molar-refractivity contribution in [2.45, 2.75) is 12.5 Å². The Labute approximate surface area is 84.3 Å². The summed E-state index contributed by atoms with van der Waals surface area (Å²) < 4.78 is 10.5. The first-order valence-corrected chi connectivity index (χ1v) is 4.47. The molecule has 0 heterocycles. The zero-order chi connectivity index (χ0) is 10.6. The Morgan fingerprint density at radius 1 is 1.29 bits per heavy atom. The molecule has 78 valence electrons. The maximum absolute atomic E-state index is 9.28. The average Bonchev–Trinajstić information content (AvgIpc) is 2.28. The lowest BCUT2D eigenvalue weighted by molar-refractivity contribution is -0.0435. The van der Waals surface area contributed by atoms with Crippen LogP contribution in [0.15, 0.2) is 24.3 Å². The van der Waals surface area contributed by atoms with E-state index < -0.39 is 5.60 Å². The van der Waals surface area contributed by atoms with E-state index in [1.807, 2.05) is 31.2 Å². The number of ether oxygens (including phenoxy) is 2. The number of rotatable bonds is 4. The van der Waals surface area contributed by atoms with E-state index in [2.05, 4.69) is 0 Å². The Bertz CT molecular complexity index is 292. The van der Waals surface area contributed by atoms with E-state index in [1.165, 1.54) is 0 Å². The fourth-order valence-electron chi connectivity index (χ4n) is 1.34. The van der Waals surface area contributed by atoms with Crippen LogP contribution in [-0.2, 0) is 10.3 Å². The van der Waals surface area contributed by atoms with E-state index in [9.17, 15) is 5.11 Å². The Kier molecular flexibility index (Phi) is 3.49. The number of hydrogen-bond donors (Lipinski definition) is 1. The van der Waals surface area contributed by atoms with Crippen molar-refractivity contribution >= 4 is 0 Å². The third-order valence-electron chi connectivity index (χ3n) is 2.43. The molecule has 1 unspecified atom stereocenters. The Morgan fingerprint density at radius 3 is 2.43 bits per heavy atom. The van der Waals surface area contributed by atoms with Gasteiger partial charge in [0, 0.05) is 12.7 Å². The highest BCUT2D eigenvalue weighted by atomic mass is 16.5. The van der Waals surface area contributed by atoms with Crippen molar-refractivity contribution in [2.75, 3.05) is 20.8 Å².